The second-order valence-electron chi connectivity index (χ2n) is 7.65. The van der Waals surface area contributed by atoms with Crippen LogP contribution in [0.15, 0.2) is 0 Å². The highest BCUT2D eigenvalue weighted by atomic mass is 31.2. The number of aliphatic hydroxyl groups excluding tert-OH is 1. The normalized spacial score (nSPS) is 50.4. The number of hydrogen-bond acceptors (Lipinski definition) is 10. The third kappa shape index (κ3) is 5.64. The molecule has 0 bridgehead atoms. The van der Waals surface area contributed by atoms with Crippen molar-refractivity contribution in [3.8, 4) is 0 Å². The van der Waals surface area contributed by atoms with E-state index in [2.05, 4.69) is 5.32 Å². The third-order valence-electron chi connectivity index (χ3n) is 5.08. The topological polar surface area (TPSA) is 122 Å². The minimum Gasteiger partial charge on any atom is -0.395 e. The van der Waals surface area contributed by atoms with Crippen LogP contribution in [0.2, 0.25) is 0 Å². The first-order valence-electron chi connectivity index (χ1n) is 9.56. The van der Waals surface area contributed by atoms with E-state index in [9.17, 15) is 9.13 Å². The number of nitrogens with one attached hydrogen (secondary N) is 1. The van der Waals surface area contributed by atoms with Crippen LogP contribution in [0, 0.1) is 0 Å². The molecule has 12 heteroatoms. The van der Waals surface area contributed by atoms with Gasteiger partial charge in [-0.05, 0) is 13.8 Å². The van der Waals surface area contributed by atoms with E-state index in [1.165, 1.54) is 13.3 Å². The standard InChI is InChI=1S/C16H31NO9P2/c1-10-7-12-13(23-10)8-21-28(4,20)26-16-14(9-22-27(3,19)25-12)24-11(2)15(16)17-5-6-18/h10-18H,5-9H2,1-4H3. The highest BCUT2D eigenvalue weighted by molar-refractivity contribution is 7.53. The Morgan fingerprint density at radius 1 is 0.964 bits per heavy atom. The Labute approximate surface area is 165 Å². The molecule has 3 aliphatic heterocycles. The van der Waals surface area contributed by atoms with Crippen LogP contribution >= 0.6 is 15.2 Å². The maximum Gasteiger partial charge on any atom is 0.328 e. The van der Waals surface area contributed by atoms with Crippen molar-refractivity contribution in [2.75, 3.05) is 39.7 Å². The Bertz CT molecular complexity index is 635. The van der Waals surface area contributed by atoms with Gasteiger partial charge in [0.2, 0.25) is 0 Å². The fraction of sp³-hybridized carbons (Fsp3) is 1.00. The maximum atomic E-state index is 13.0. The maximum absolute atomic E-state index is 13.0. The van der Waals surface area contributed by atoms with Crippen LogP contribution in [0.4, 0.5) is 0 Å². The van der Waals surface area contributed by atoms with Crippen LogP contribution in [0.3, 0.4) is 0 Å². The van der Waals surface area contributed by atoms with Crippen molar-refractivity contribution in [1.82, 2.24) is 5.32 Å². The molecule has 9 unspecified atom stereocenters. The molecule has 3 aliphatic rings. The predicted molar refractivity (Wildman–Crippen MR) is 101 cm³/mol. The van der Waals surface area contributed by atoms with Crippen LogP contribution in [0.5, 0.6) is 0 Å². The van der Waals surface area contributed by atoms with Gasteiger partial charge < -0.3 is 38.0 Å². The van der Waals surface area contributed by atoms with Crippen molar-refractivity contribution in [1.29, 1.82) is 0 Å². The summed E-state index contributed by atoms with van der Waals surface area (Å²) in [5.74, 6) is 0. The van der Waals surface area contributed by atoms with Crippen LogP contribution in [-0.2, 0) is 36.7 Å². The molecule has 3 heterocycles. The van der Waals surface area contributed by atoms with E-state index in [1.54, 1.807) is 0 Å². The van der Waals surface area contributed by atoms with Gasteiger partial charge >= 0.3 is 15.2 Å². The van der Waals surface area contributed by atoms with Gasteiger partial charge in [0.15, 0.2) is 0 Å². The zero-order valence-corrected chi connectivity index (χ0v) is 18.5. The van der Waals surface area contributed by atoms with Gasteiger partial charge in [0.1, 0.15) is 18.3 Å². The van der Waals surface area contributed by atoms with Crippen molar-refractivity contribution in [3.05, 3.63) is 0 Å². The molecule has 0 aromatic rings. The highest BCUT2D eigenvalue weighted by Gasteiger charge is 2.48. The zero-order chi connectivity index (χ0) is 20.5. The Morgan fingerprint density at radius 2 is 1.61 bits per heavy atom. The lowest BCUT2D eigenvalue weighted by Gasteiger charge is -2.30. The summed E-state index contributed by atoms with van der Waals surface area (Å²) in [5, 5.41) is 12.3. The number of rotatable bonds is 3. The van der Waals surface area contributed by atoms with E-state index in [4.69, 9.17) is 32.7 Å². The number of ether oxygens (including phenoxy) is 2. The fourth-order valence-corrected chi connectivity index (χ4v) is 6.22. The van der Waals surface area contributed by atoms with Crippen molar-refractivity contribution in [2.24, 2.45) is 0 Å². The van der Waals surface area contributed by atoms with Crippen molar-refractivity contribution >= 4 is 15.2 Å². The quantitative estimate of drug-likeness (QED) is 0.619. The lowest BCUT2D eigenvalue weighted by atomic mass is 10.1. The van der Waals surface area contributed by atoms with Gasteiger partial charge in [0.05, 0.1) is 44.2 Å². The average Bonchev–Trinajstić information content (AvgIpc) is 3.07. The minimum atomic E-state index is -3.45. The van der Waals surface area contributed by atoms with Gasteiger partial charge in [-0.2, -0.15) is 0 Å². The van der Waals surface area contributed by atoms with Crippen molar-refractivity contribution in [2.45, 2.75) is 62.9 Å². The van der Waals surface area contributed by atoms with Crippen LogP contribution in [-0.4, -0.2) is 87.5 Å². The van der Waals surface area contributed by atoms with E-state index in [0.29, 0.717) is 13.0 Å². The van der Waals surface area contributed by atoms with E-state index < -0.39 is 39.6 Å². The molecule has 3 fully saturated rings. The molecule has 0 aromatic heterocycles. The molecule has 0 aromatic carbocycles. The fourth-order valence-electron chi connectivity index (χ4n) is 3.84. The summed E-state index contributed by atoms with van der Waals surface area (Å²) in [6.07, 6.45) is -2.14. The molecule has 0 spiro atoms. The van der Waals surface area contributed by atoms with Crippen LogP contribution < -0.4 is 5.32 Å². The van der Waals surface area contributed by atoms with E-state index >= 15 is 0 Å². The summed E-state index contributed by atoms with van der Waals surface area (Å²) in [6.45, 7) is 6.75. The van der Waals surface area contributed by atoms with Crippen LogP contribution in [0.25, 0.3) is 0 Å². The van der Waals surface area contributed by atoms with Crippen molar-refractivity contribution in [3.63, 3.8) is 0 Å². The lowest BCUT2D eigenvalue weighted by molar-refractivity contribution is -0.0351. The molecule has 3 rings (SSSR count). The third-order valence-corrected chi connectivity index (χ3v) is 7.60. The monoisotopic (exact) mass is 443 g/mol. The summed E-state index contributed by atoms with van der Waals surface area (Å²) in [7, 11) is -6.83. The Kier molecular flexibility index (Phi) is 7.42. The molecular formula is C16H31NO9P2. The smallest absolute Gasteiger partial charge is 0.328 e. The van der Waals surface area contributed by atoms with E-state index in [-0.39, 0.29) is 38.1 Å². The van der Waals surface area contributed by atoms with Crippen LogP contribution in [0.1, 0.15) is 20.3 Å². The molecule has 2 N–H and O–H groups in total. The molecule has 0 radical (unpaired) electrons. The molecule has 0 amide bonds. The molecule has 0 aliphatic carbocycles. The second-order valence-corrected chi connectivity index (χ2v) is 11.7. The minimum absolute atomic E-state index is 0.00861. The largest absolute Gasteiger partial charge is 0.395 e. The number of aliphatic hydroxyl groups is 1. The molecule has 9 atom stereocenters. The van der Waals surface area contributed by atoms with Gasteiger partial charge in [-0.15, -0.1) is 0 Å². The van der Waals surface area contributed by atoms with Gasteiger partial charge in [0, 0.05) is 26.3 Å². The molecule has 0 saturated carbocycles. The summed E-state index contributed by atoms with van der Waals surface area (Å²) >= 11 is 0. The van der Waals surface area contributed by atoms with E-state index in [1.807, 2.05) is 13.8 Å². The molecular weight excluding hydrogens is 412 g/mol. The number of hydrogen-bond donors (Lipinski definition) is 2. The Balaban J connectivity index is 1.81. The highest BCUT2D eigenvalue weighted by Crippen LogP contribution is 2.52. The molecule has 10 nitrogen and oxygen atoms in total. The average molecular weight is 443 g/mol. The van der Waals surface area contributed by atoms with Gasteiger partial charge in [-0.3, -0.25) is 9.13 Å². The summed E-state index contributed by atoms with van der Waals surface area (Å²) in [6, 6.07) is -0.340. The first-order valence-corrected chi connectivity index (χ1v) is 13.5. The molecule has 164 valence electrons. The SMILES string of the molecule is CC1CC2OP(C)(=O)OCC3OC(C)C(NCCO)C3OP(C)(=O)OCC2O1. The predicted octanol–water partition coefficient (Wildman–Crippen LogP) is 1.36. The van der Waals surface area contributed by atoms with Gasteiger partial charge in [-0.1, -0.05) is 0 Å². The molecule has 28 heavy (non-hydrogen) atoms. The van der Waals surface area contributed by atoms with Crippen molar-refractivity contribution < 1.29 is 41.8 Å². The van der Waals surface area contributed by atoms with E-state index in [0.717, 1.165) is 0 Å². The van der Waals surface area contributed by atoms with Gasteiger partial charge in [-0.25, -0.2) is 0 Å². The lowest BCUT2D eigenvalue weighted by Crippen LogP contribution is -2.47. The zero-order valence-electron chi connectivity index (χ0n) is 16.7. The first kappa shape index (κ1) is 22.8. The summed E-state index contributed by atoms with van der Waals surface area (Å²) in [4.78, 5) is 0. The van der Waals surface area contributed by atoms with Gasteiger partial charge in [0.25, 0.3) is 0 Å². The second kappa shape index (κ2) is 9.10. The Hall–Kier alpha value is 0.140. The summed E-state index contributed by atoms with van der Waals surface area (Å²) in [5.41, 5.74) is 0. The Morgan fingerprint density at radius 3 is 2.29 bits per heavy atom. The summed E-state index contributed by atoms with van der Waals surface area (Å²) < 4.78 is 60.2. The molecule has 3 saturated heterocycles. The first-order chi connectivity index (χ1) is 13.1. The number of fused-ring (bicyclic) bond motifs is 2.